The molecule has 0 saturated heterocycles. The van der Waals surface area contributed by atoms with Crippen molar-refractivity contribution in [2.75, 3.05) is 4.72 Å². The number of hydrogen-bond donors (Lipinski definition) is 3. The van der Waals surface area contributed by atoms with E-state index in [4.69, 9.17) is 0 Å². The molecule has 8 heteroatoms. The van der Waals surface area contributed by atoms with Crippen LogP contribution in [0.15, 0.2) is 36.7 Å². The van der Waals surface area contributed by atoms with Gasteiger partial charge in [0.15, 0.2) is 0 Å². The lowest BCUT2D eigenvalue weighted by Gasteiger charge is -2.40. The Morgan fingerprint density at radius 1 is 1.25 bits per heavy atom. The zero-order chi connectivity index (χ0) is 17.0. The Balaban J connectivity index is 1.62. The zero-order valence-corrected chi connectivity index (χ0v) is 14.5. The van der Waals surface area contributed by atoms with Crippen molar-refractivity contribution in [3.63, 3.8) is 0 Å². The van der Waals surface area contributed by atoms with Crippen LogP contribution in [0.3, 0.4) is 0 Å². The van der Waals surface area contributed by atoms with Gasteiger partial charge in [-0.15, -0.1) is 0 Å². The molecule has 1 aromatic heterocycles. The first-order valence-corrected chi connectivity index (χ1v) is 9.72. The Morgan fingerprint density at radius 3 is 2.54 bits per heavy atom. The quantitative estimate of drug-likeness (QED) is 0.745. The van der Waals surface area contributed by atoms with E-state index in [9.17, 15) is 8.42 Å². The molecule has 130 valence electrons. The Kier molecular flexibility index (Phi) is 4.86. The van der Waals surface area contributed by atoms with Crippen molar-refractivity contribution in [1.29, 1.82) is 0 Å². The zero-order valence-electron chi connectivity index (χ0n) is 13.7. The second-order valence-electron chi connectivity index (χ2n) is 6.33. The van der Waals surface area contributed by atoms with E-state index in [-0.39, 0.29) is 17.4 Å². The molecule has 0 atom stereocenters. The largest absolute Gasteiger partial charge is 0.301 e. The van der Waals surface area contributed by atoms with Crippen LogP contribution in [-0.2, 0) is 15.6 Å². The van der Waals surface area contributed by atoms with E-state index in [1.807, 2.05) is 6.07 Å². The van der Waals surface area contributed by atoms with Gasteiger partial charge in [0.1, 0.15) is 6.33 Å². The standard InChI is InChI=1S/C16H23N5O2S/c1-2-16(13-6-4-3-5-7-13)10-8-14(9-11-16)20-24(22,23)21-15-17-12-18-19-15/h3-7,12,14,20H,2,8-11H2,1H3,(H2,17,18,19,21). The van der Waals surface area contributed by atoms with Gasteiger partial charge in [-0.1, -0.05) is 37.3 Å². The summed E-state index contributed by atoms with van der Waals surface area (Å²) in [6, 6.07) is 10.5. The van der Waals surface area contributed by atoms with Crippen molar-refractivity contribution < 1.29 is 8.42 Å². The average Bonchev–Trinajstić information content (AvgIpc) is 3.08. The van der Waals surface area contributed by atoms with Crippen LogP contribution in [-0.4, -0.2) is 29.6 Å². The molecule has 0 unspecified atom stereocenters. The van der Waals surface area contributed by atoms with Crippen LogP contribution >= 0.6 is 0 Å². The predicted octanol–water partition coefficient (Wildman–Crippen LogP) is 2.34. The molecule has 0 aliphatic heterocycles. The van der Waals surface area contributed by atoms with Gasteiger partial charge in [-0.3, -0.25) is 0 Å². The van der Waals surface area contributed by atoms with Crippen LogP contribution in [0, 0.1) is 0 Å². The Hall–Kier alpha value is -1.93. The van der Waals surface area contributed by atoms with Gasteiger partial charge in [0.2, 0.25) is 5.95 Å². The van der Waals surface area contributed by atoms with Crippen LogP contribution < -0.4 is 9.44 Å². The van der Waals surface area contributed by atoms with E-state index >= 15 is 0 Å². The number of nitrogens with one attached hydrogen (secondary N) is 3. The maximum atomic E-state index is 12.2. The number of aromatic amines is 1. The van der Waals surface area contributed by atoms with E-state index in [0.717, 1.165) is 32.1 Å². The molecule has 3 N–H and O–H groups in total. The molecule has 0 spiro atoms. The molecule has 1 aromatic carbocycles. The van der Waals surface area contributed by atoms with Gasteiger partial charge in [-0.25, -0.2) is 9.82 Å². The molecule has 3 rings (SSSR count). The Bertz CT molecular complexity index is 738. The van der Waals surface area contributed by atoms with Crippen molar-refractivity contribution in [1.82, 2.24) is 19.9 Å². The molecule has 2 aromatic rings. The maximum absolute atomic E-state index is 12.2. The van der Waals surface area contributed by atoms with Crippen molar-refractivity contribution in [2.24, 2.45) is 0 Å². The van der Waals surface area contributed by atoms with Gasteiger partial charge in [0, 0.05) is 6.04 Å². The summed E-state index contributed by atoms with van der Waals surface area (Å²) in [5, 5.41) is 6.11. The summed E-state index contributed by atoms with van der Waals surface area (Å²) in [6.45, 7) is 2.21. The first-order chi connectivity index (χ1) is 11.5. The number of hydrogen-bond acceptors (Lipinski definition) is 4. The second kappa shape index (κ2) is 6.90. The molecule has 0 radical (unpaired) electrons. The third-order valence-corrected chi connectivity index (χ3v) is 6.08. The van der Waals surface area contributed by atoms with Gasteiger partial charge in [0.25, 0.3) is 0 Å². The highest BCUT2D eigenvalue weighted by molar-refractivity contribution is 7.90. The van der Waals surface area contributed by atoms with Crippen LogP contribution in [0.4, 0.5) is 5.95 Å². The topological polar surface area (TPSA) is 99.8 Å². The van der Waals surface area contributed by atoms with Crippen molar-refractivity contribution in [2.45, 2.75) is 50.5 Å². The molecule has 1 saturated carbocycles. The first-order valence-electron chi connectivity index (χ1n) is 8.24. The van der Waals surface area contributed by atoms with E-state index in [1.54, 1.807) is 0 Å². The van der Waals surface area contributed by atoms with Crippen LogP contribution in [0.5, 0.6) is 0 Å². The number of aromatic nitrogens is 3. The summed E-state index contributed by atoms with van der Waals surface area (Å²) in [4.78, 5) is 3.77. The summed E-state index contributed by atoms with van der Waals surface area (Å²) < 4.78 is 29.4. The lowest BCUT2D eigenvalue weighted by molar-refractivity contribution is 0.253. The van der Waals surface area contributed by atoms with Crippen LogP contribution in [0.25, 0.3) is 0 Å². The molecule has 0 amide bonds. The molecule has 1 fully saturated rings. The highest BCUT2D eigenvalue weighted by Crippen LogP contribution is 2.42. The van der Waals surface area contributed by atoms with E-state index in [0.29, 0.717) is 0 Å². The molecule has 7 nitrogen and oxygen atoms in total. The van der Waals surface area contributed by atoms with Crippen LogP contribution in [0.1, 0.15) is 44.6 Å². The van der Waals surface area contributed by atoms with Crippen LogP contribution in [0.2, 0.25) is 0 Å². The first kappa shape index (κ1) is 16.9. The smallest absolute Gasteiger partial charge is 0.245 e. The molecular formula is C16H23N5O2S. The van der Waals surface area contributed by atoms with Crippen molar-refractivity contribution in [3.8, 4) is 0 Å². The number of benzene rings is 1. The Morgan fingerprint density at radius 2 is 1.96 bits per heavy atom. The number of anilines is 1. The van der Waals surface area contributed by atoms with Gasteiger partial charge in [0.05, 0.1) is 0 Å². The molecular weight excluding hydrogens is 326 g/mol. The molecule has 1 aliphatic carbocycles. The minimum Gasteiger partial charge on any atom is -0.245 e. The van der Waals surface area contributed by atoms with Gasteiger partial charge < -0.3 is 0 Å². The minimum absolute atomic E-state index is 0.0613. The van der Waals surface area contributed by atoms with Crippen molar-refractivity contribution >= 4 is 16.2 Å². The fraction of sp³-hybridized carbons (Fsp3) is 0.500. The molecule has 24 heavy (non-hydrogen) atoms. The molecule has 1 heterocycles. The number of nitrogens with zero attached hydrogens (tertiary/aromatic N) is 2. The highest BCUT2D eigenvalue weighted by Gasteiger charge is 2.36. The van der Waals surface area contributed by atoms with E-state index in [2.05, 4.69) is 55.8 Å². The summed E-state index contributed by atoms with van der Waals surface area (Å²) in [6.07, 6.45) is 5.91. The number of H-pyrrole nitrogens is 1. The lowest BCUT2D eigenvalue weighted by Crippen LogP contribution is -2.44. The third kappa shape index (κ3) is 3.76. The van der Waals surface area contributed by atoms with Gasteiger partial charge in [-0.05, 0) is 43.1 Å². The molecule has 0 bridgehead atoms. The average molecular weight is 349 g/mol. The second-order valence-corrected chi connectivity index (χ2v) is 7.78. The van der Waals surface area contributed by atoms with Gasteiger partial charge in [-0.2, -0.15) is 23.2 Å². The predicted molar refractivity (Wildman–Crippen MR) is 92.7 cm³/mol. The maximum Gasteiger partial charge on any atom is 0.301 e. The monoisotopic (exact) mass is 349 g/mol. The fourth-order valence-corrected chi connectivity index (χ4v) is 4.64. The summed E-state index contributed by atoms with van der Waals surface area (Å²) in [5.74, 6) is 0.116. The third-order valence-electron chi connectivity index (χ3n) is 4.97. The summed E-state index contributed by atoms with van der Waals surface area (Å²) in [5.41, 5.74) is 1.51. The van der Waals surface area contributed by atoms with E-state index < -0.39 is 10.2 Å². The summed E-state index contributed by atoms with van der Waals surface area (Å²) in [7, 11) is -3.65. The highest BCUT2D eigenvalue weighted by atomic mass is 32.2. The van der Waals surface area contributed by atoms with Crippen molar-refractivity contribution in [3.05, 3.63) is 42.2 Å². The SMILES string of the molecule is CCC1(c2ccccc2)CCC(NS(=O)(=O)Nc2ncn[nH]2)CC1. The number of rotatable bonds is 6. The van der Waals surface area contributed by atoms with Gasteiger partial charge >= 0.3 is 10.2 Å². The lowest BCUT2D eigenvalue weighted by atomic mass is 9.67. The Labute approximate surface area is 142 Å². The van der Waals surface area contributed by atoms with E-state index in [1.165, 1.54) is 11.9 Å². The molecule has 1 aliphatic rings. The fourth-order valence-electron chi connectivity index (χ4n) is 3.56. The minimum atomic E-state index is -3.65. The normalized spacial score (nSPS) is 24.6. The summed E-state index contributed by atoms with van der Waals surface area (Å²) >= 11 is 0.